The van der Waals surface area contributed by atoms with Gasteiger partial charge in [-0.05, 0) is 31.0 Å². The number of Topliss-reactive ketones (excluding diaryl/α,β-unsaturated/α-hetero) is 1. The Balaban J connectivity index is 1.51. The van der Waals surface area contributed by atoms with Gasteiger partial charge in [0, 0.05) is 29.6 Å². The SMILES string of the molecule is CCOC(=O)OC(C)OC(=O)C1=C(CSc2ncns2)CS[C@H]2C(NC(=O)C(O)c3ccccc3C(=O)[C@H](C)N)C(=O)N12. The normalized spacial score (nSPS) is 19.8. The topological polar surface area (TPSA) is 200 Å². The van der Waals surface area contributed by atoms with E-state index in [4.69, 9.17) is 19.9 Å². The van der Waals surface area contributed by atoms with Crippen LogP contribution in [0.25, 0.3) is 0 Å². The number of hydrogen-bond acceptors (Lipinski definition) is 15. The summed E-state index contributed by atoms with van der Waals surface area (Å²) in [5.41, 5.74) is 6.39. The first-order chi connectivity index (χ1) is 20.5. The number of ketones is 1. The molecule has 17 heteroatoms. The molecule has 0 saturated carbocycles. The van der Waals surface area contributed by atoms with E-state index in [1.165, 1.54) is 72.3 Å². The summed E-state index contributed by atoms with van der Waals surface area (Å²) in [6.45, 7) is 4.48. The highest BCUT2D eigenvalue weighted by molar-refractivity contribution is 8.01. The molecule has 2 aliphatic rings. The van der Waals surface area contributed by atoms with Crippen molar-refractivity contribution in [1.29, 1.82) is 0 Å². The summed E-state index contributed by atoms with van der Waals surface area (Å²) in [7, 11) is 0. The van der Waals surface area contributed by atoms with Gasteiger partial charge < -0.3 is 30.4 Å². The number of nitrogens with one attached hydrogen (secondary N) is 1. The summed E-state index contributed by atoms with van der Waals surface area (Å²) in [4.78, 5) is 69.3. The summed E-state index contributed by atoms with van der Waals surface area (Å²) < 4.78 is 19.6. The number of carbonyl (C=O) groups is 5. The van der Waals surface area contributed by atoms with Crippen LogP contribution in [0.1, 0.15) is 42.8 Å². The number of carbonyl (C=O) groups excluding carboxylic acids is 5. The fourth-order valence-corrected chi connectivity index (χ4v) is 7.18. The number of amides is 2. The minimum atomic E-state index is -1.76. The lowest BCUT2D eigenvalue weighted by Crippen LogP contribution is -2.71. The van der Waals surface area contributed by atoms with Gasteiger partial charge in [0.1, 0.15) is 23.4 Å². The zero-order valence-corrected chi connectivity index (χ0v) is 25.7. The third kappa shape index (κ3) is 7.35. The van der Waals surface area contributed by atoms with Crippen LogP contribution in [-0.2, 0) is 28.6 Å². The molecule has 2 amide bonds. The fourth-order valence-electron chi connectivity index (χ4n) is 4.25. The second kappa shape index (κ2) is 14.3. The Hall–Kier alpha value is -3.51. The van der Waals surface area contributed by atoms with Gasteiger partial charge in [-0.2, -0.15) is 4.37 Å². The Labute approximate surface area is 258 Å². The molecule has 1 aromatic heterocycles. The van der Waals surface area contributed by atoms with Gasteiger partial charge in [-0.3, -0.25) is 19.3 Å². The Bertz CT molecular complexity index is 1420. The van der Waals surface area contributed by atoms with Crippen LogP contribution in [-0.4, -0.2) is 90.9 Å². The Kier molecular flexibility index (Phi) is 10.8. The molecule has 3 heterocycles. The third-order valence-corrected chi connectivity index (χ3v) is 9.45. The number of nitrogens with two attached hydrogens (primary N) is 1. The fraction of sp³-hybridized carbons (Fsp3) is 0.423. The average molecular weight is 652 g/mol. The van der Waals surface area contributed by atoms with E-state index in [0.717, 1.165) is 0 Å². The number of aliphatic hydroxyl groups is 1. The van der Waals surface area contributed by atoms with Gasteiger partial charge in [-0.1, -0.05) is 36.0 Å². The van der Waals surface area contributed by atoms with Gasteiger partial charge in [-0.15, -0.1) is 11.8 Å². The van der Waals surface area contributed by atoms with Crippen LogP contribution in [0.3, 0.4) is 0 Å². The van der Waals surface area contributed by atoms with Crippen LogP contribution < -0.4 is 11.1 Å². The summed E-state index contributed by atoms with van der Waals surface area (Å²) in [5, 5.41) is 12.7. The van der Waals surface area contributed by atoms with Crippen molar-refractivity contribution < 1.29 is 43.3 Å². The van der Waals surface area contributed by atoms with E-state index in [1.54, 1.807) is 19.1 Å². The van der Waals surface area contributed by atoms with Gasteiger partial charge >= 0.3 is 12.1 Å². The van der Waals surface area contributed by atoms with Gasteiger partial charge in [0.15, 0.2) is 16.2 Å². The number of fused-ring (bicyclic) bond motifs is 1. The van der Waals surface area contributed by atoms with E-state index < -0.39 is 59.6 Å². The molecule has 4 N–H and O–H groups in total. The van der Waals surface area contributed by atoms with Gasteiger partial charge in [0.05, 0.1) is 12.6 Å². The average Bonchev–Trinajstić information content (AvgIpc) is 3.51. The first kappa shape index (κ1) is 32.4. The van der Waals surface area contributed by atoms with Crippen LogP contribution in [0.4, 0.5) is 4.79 Å². The predicted octanol–water partition coefficient (Wildman–Crippen LogP) is 1.61. The van der Waals surface area contributed by atoms with Crippen molar-refractivity contribution in [2.75, 3.05) is 18.1 Å². The zero-order valence-electron chi connectivity index (χ0n) is 23.3. The van der Waals surface area contributed by atoms with E-state index in [1.807, 2.05) is 0 Å². The number of hydrogen-bond donors (Lipinski definition) is 3. The molecule has 0 radical (unpaired) electrons. The van der Waals surface area contributed by atoms with E-state index in [2.05, 4.69) is 14.7 Å². The molecule has 0 aliphatic carbocycles. The van der Waals surface area contributed by atoms with E-state index in [9.17, 15) is 29.1 Å². The summed E-state index contributed by atoms with van der Waals surface area (Å²) in [6.07, 6.45) is -2.69. The predicted molar refractivity (Wildman–Crippen MR) is 156 cm³/mol. The number of esters is 1. The molecule has 1 saturated heterocycles. The molecule has 2 aromatic rings. The summed E-state index contributed by atoms with van der Waals surface area (Å²) in [6, 6.07) is 4.11. The minimum absolute atomic E-state index is 0.0380. The molecule has 0 bridgehead atoms. The van der Waals surface area contributed by atoms with E-state index >= 15 is 0 Å². The van der Waals surface area contributed by atoms with E-state index in [-0.39, 0.29) is 29.2 Å². The minimum Gasteiger partial charge on any atom is -0.435 e. The molecular formula is C26H29N5O9S3. The molecule has 1 fully saturated rings. The third-order valence-electron chi connectivity index (χ3n) is 6.23. The lowest BCUT2D eigenvalue weighted by atomic mass is 9.95. The number of rotatable bonds is 12. The molecular weight excluding hydrogens is 623 g/mol. The maximum absolute atomic E-state index is 13.4. The molecule has 3 unspecified atom stereocenters. The molecule has 43 heavy (non-hydrogen) atoms. The van der Waals surface area contributed by atoms with E-state index in [0.29, 0.717) is 15.7 Å². The number of nitrogens with zero attached hydrogens (tertiary/aromatic N) is 3. The van der Waals surface area contributed by atoms with Gasteiger partial charge in [0.2, 0.25) is 6.29 Å². The van der Waals surface area contributed by atoms with Crippen molar-refractivity contribution in [1.82, 2.24) is 19.6 Å². The van der Waals surface area contributed by atoms with Crippen molar-refractivity contribution >= 4 is 64.8 Å². The van der Waals surface area contributed by atoms with Gasteiger partial charge in [0.25, 0.3) is 11.8 Å². The van der Waals surface area contributed by atoms with Crippen LogP contribution >= 0.6 is 35.1 Å². The van der Waals surface area contributed by atoms with Crippen LogP contribution in [0.15, 0.2) is 46.2 Å². The first-order valence-electron chi connectivity index (χ1n) is 13.0. The lowest BCUT2D eigenvalue weighted by Gasteiger charge is -2.50. The highest BCUT2D eigenvalue weighted by Crippen LogP contribution is 2.42. The standard InChI is InChI=1S/C26H29N5O9S3/c1-4-38-26(37)40-13(3)39-24(36)18-14(10-42-25-28-11-29-43-25)9-41-23-17(22(35)31(18)23)30-21(34)20(33)16-8-6-5-7-15(16)19(32)12(2)27/h5-8,11-13,17,20,23,33H,4,9-10,27H2,1-3H3,(H,30,34)/t12-,13?,17?,20?,23-/m0/s1. The Morgan fingerprint density at radius 3 is 2.65 bits per heavy atom. The number of β-lactam (4-membered cyclic amide) rings is 1. The number of aromatic nitrogens is 2. The maximum Gasteiger partial charge on any atom is 0.511 e. The highest BCUT2D eigenvalue weighted by atomic mass is 32.2. The smallest absolute Gasteiger partial charge is 0.435 e. The molecule has 1 aromatic carbocycles. The number of ether oxygens (including phenoxy) is 3. The molecule has 5 atom stereocenters. The van der Waals surface area contributed by atoms with Crippen molar-refractivity contribution in [3.8, 4) is 0 Å². The highest BCUT2D eigenvalue weighted by Gasteiger charge is 2.55. The van der Waals surface area contributed by atoms with Crippen molar-refractivity contribution in [2.24, 2.45) is 5.73 Å². The number of thioether (sulfide) groups is 2. The Morgan fingerprint density at radius 1 is 1.23 bits per heavy atom. The second-order valence-corrected chi connectivity index (χ2v) is 12.4. The summed E-state index contributed by atoms with van der Waals surface area (Å²) >= 11 is 3.81. The lowest BCUT2D eigenvalue weighted by molar-refractivity contribution is -0.169. The van der Waals surface area contributed by atoms with Crippen molar-refractivity contribution in [3.05, 3.63) is 53.0 Å². The van der Waals surface area contributed by atoms with Crippen molar-refractivity contribution in [3.63, 3.8) is 0 Å². The monoisotopic (exact) mass is 651 g/mol. The van der Waals surface area contributed by atoms with Crippen LogP contribution in [0.5, 0.6) is 0 Å². The molecule has 2 aliphatic heterocycles. The largest absolute Gasteiger partial charge is 0.511 e. The molecule has 0 spiro atoms. The molecule has 14 nitrogen and oxygen atoms in total. The van der Waals surface area contributed by atoms with Crippen LogP contribution in [0.2, 0.25) is 0 Å². The summed E-state index contributed by atoms with van der Waals surface area (Å²) in [5.74, 6) is -2.27. The van der Waals surface area contributed by atoms with Crippen molar-refractivity contribution in [2.45, 2.75) is 55.0 Å². The second-order valence-electron chi connectivity index (χ2n) is 9.26. The zero-order chi connectivity index (χ0) is 31.3. The maximum atomic E-state index is 13.4. The molecule has 230 valence electrons. The molecule has 4 rings (SSSR count). The first-order valence-corrected chi connectivity index (χ1v) is 15.8. The Morgan fingerprint density at radius 2 is 1.98 bits per heavy atom. The quantitative estimate of drug-likeness (QED) is 0.0982. The van der Waals surface area contributed by atoms with Crippen LogP contribution in [0, 0.1) is 0 Å². The van der Waals surface area contributed by atoms with Gasteiger partial charge in [-0.25, -0.2) is 14.6 Å². The number of aliphatic hydroxyl groups excluding tert-OH is 1. The number of benzene rings is 1.